The van der Waals surface area contributed by atoms with E-state index in [2.05, 4.69) is 35.7 Å². The highest BCUT2D eigenvalue weighted by Gasteiger charge is 2.24. The van der Waals surface area contributed by atoms with Crippen molar-refractivity contribution in [3.8, 4) is 22.5 Å². The number of fused-ring (bicyclic) bond motifs is 2. The van der Waals surface area contributed by atoms with Crippen LogP contribution in [0.15, 0.2) is 156 Å². The fourth-order valence-corrected chi connectivity index (χ4v) is 7.83. The second-order valence-electron chi connectivity index (χ2n) is 14.9. The average Bonchev–Trinajstić information content (AvgIpc) is 3.75. The zero-order chi connectivity index (χ0) is 45.8. The molecule has 0 radical (unpaired) electrons. The Bertz CT molecular complexity index is 3360. The van der Waals surface area contributed by atoms with Gasteiger partial charge < -0.3 is 22.1 Å². The SMILES string of the molecule is C[C@H](NC(=O)c1nccnc1N)c1cc2cccc(-c3cnn(C)c3)c2c(=O)n1-c1ccccc1.C[C@H](NC(=O)c1nccnc1N)c1cc2cccc(Cl)c2c(=O)n1-c1ccccc1. The van der Waals surface area contributed by atoms with E-state index in [-0.39, 0.29) is 34.1 Å². The van der Waals surface area contributed by atoms with E-state index in [4.69, 9.17) is 23.1 Å². The van der Waals surface area contributed by atoms with Crippen molar-refractivity contribution in [3.63, 3.8) is 0 Å². The lowest BCUT2D eigenvalue weighted by Gasteiger charge is -2.21. The van der Waals surface area contributed by atoms with Gasteiger partial charge in [0.15, 0.2) is 23.0 Å². The minimum atomic E-state index is -0.539. The van der Waals surface area contributed by atoms with Crippen LogP contribution in [-0.4, -0.2) is 50.7 Å². The van der Waals surface area contributed by atoms with Gasteiger partial charge in [0.05, 0.1) is 34.1 Å². The average molecular weight is 885 g/mol. The van der Waals surface area contributed by atoms with E-state index in [1.807, 2.05) is 117 Å². The molecule has 6 N–H and O–H groups in total. The molecule has 0 aliphatic carbocycles. The number of carbonyl (C=O) groups excluding carboxylic acids is 2. The summed E-state index contributed by atoms with van der Waals surface area (Å²) >= 11 is 6.32. The summed E-state index contributed by atoms with van der Waals surface area (Å²) in [4.78, 5) is 68.9. The number of nitrogen functional groups attached to an aromatic ring is 2. The summed E-state index contributed by atoms with van der Waals surface area (Å²) in [5, 5.41) is 12.8. The van der Waals surface area contributed by atoms with E-state index < -0.39 is 23.9 Å². The highest BCUT2D eigenvalue weighted by atomic mass is 35.5. The van der Waals surface area contributed by atoms with E-state index in [1.54, 1.807) is 39.1 Å². The number of carbonyl (C=O) groups is 2. The molecule has 0 aliphatic heterocycles. The predicted octanol–water partition coefficient (Wildman–Crippen LogP) is 6.76. The van der Waals surface area contributed by atoms with Crippen LogP contribution in [0.2, 0.25) is 5.02 Å². The molecule has 4 aromatic carbocycles. The van der Waals surface area contributed by atoms with Crippen LogP contribution in [0.1, 0.15) is 58.3 Å². The molecule has 0 saturated carbocycles. The van der Waals surface area contributed by atoms with E-state index in [1.165, 1.54) is 24.8 Å². The second kappa shape index (κ2) is 18.5. The maximum absolute atomic E-state index is 14.0. The predicted molar refractivity (Wildman–Crippen MR) is 251 cm³/mol. The van der Waals surface area contributed by atoms with Crippen LogP contribution in [0, 0.1) is 0 Å². The molecule has 2 atom stereocenters. The van der Waals surface area contributed by atoms with Gasteiger partial charge in [0.25, 0.3) is 22.9 Å². The number of nitrogens with zero attached hydrogens (tertiary/aromatic N) is 8. The number of nitrogens with two attached hydrogens (primary N) is 2. The van der Waals surface area contributed by atoms with Crippen molar-refractivity contribution in [2.75, 3.05) is 11.5 Å². The standard InChI is InChI=1S/C26H23N7O2.C22H18ClN5O2/c1-16(31-25(34)23-24(27)29-12-11-28-23)21-13-17-7-6-10-20(18-14-30-32(2)15-18)22(17)26(35)33(21)19-8-4-3-5-9-19;1-13(27-21(29)19-20(24)26-11-10-25-19)17-12-14-6-5-9-16(23)18(14)22(30)28(17)15-7-3-2-4-8-15/h3-16H,1-2H3,(H2,27,29)(H,31,34);2-13H,1H3,(H2,24,26)(H,27,29)/t16-;13-/m00/s1. The van der Waals surface area contributed by atoms with E-state index in [0.29, 0.717) is 43.9 Å². The van der Waals surface area contributed by atoms with Crippen LogP contribution in [0.4, 0.5) is 11.6 Å². The first-order valence-corrected chi connectivity index (χ1v) is 20.7. The number of hydrogen-bond donors (Lipinski definition) is 4. The van der Waals surface area contributed by atoms with Crippen molar-refractivity contribution >= 4 is 56.6 Å². The fourth-order valence-electron chi connectivity index (χ4n) is 7.57. The van der Waals surface area contributed by atoms with Crippen LogP contribution in [0.3, 0.4) is 0 Å². The third-order valence-electron chi connectivity index (χ3n) is 10.6. The summed E-state index contributed by atoms with van der Waals surface area (Å²) < 4.78 is 4.89. The molecule has 324 valence electrons. The van der Waals surface area contributed by atoms with E-state index in [9.17, 15) is 19.2 Å². The summed E-state index contributed by atoms with van der Waals surface area (Å²) in [5.41, 5.74) is 15.4. The molecule has 5 aromatic heterocycles. The third-order valence-corrected chi connectivity index (χ3v) is 10.9. The van der Waals surface area contributed by atoms with Crippen molar-refractivity contribution in [2.24, 2.45) is 7.05 Å². The van der Waals surface area contributed by atoms with Crippen molar-refractivity contribution in [1.29, 1.82) is 0 Å². The number of aromatic nitrogens is 8. The minimum Gasteiger partial charge on any atom is -0.382 e. The summed E-state index contributed by atoms with van der Waals surface area (Å²) in [7, 11) is 1.84. The lowest BCUT2D eigenvalue weighted by molar-refractivity contribution is 0.0926. The Labute approximate surface area is 376 Å². The zero-order valence-electron chi connectivity index (χ0n) is 35.3. The molecule has 9 rings (SSSR count). The third kappa shape index (κ3) is 8.78. The van der Waals surface area contributed by atoms with Gasteiger partial charge in [-0.2, -0.15) is 5.10 Å². The monoisotopic (exact) mass is 884 g/mol. The topological polar surface area (TPSA) is 224 Å². The van der Waals surface area contributed by atoms with Crippen LogP contribution in [0.25, 0.3) is 44.0 Å². The first kappa shape index (κ1) is 43.2. The molecule has 0 aliphatic rings. The Morgan fingerprint density at radius 2 is 1.08 bits per heavy atom. The van der Waals surface area contributed by atoms with Crippen molar-refractivity contribution in [1.82, 2.24) is 49.5 Å². The summed E-state index contributed by atoms with van der Waals surface area (Å²) in [6.45, 7) is 3.60. The Hall–Kier alpha value is -8.50. The first-order valence-electron chi connectivity index (χ1n) is 20.3. The van der Waals surface area contributed by atoms with Crippen LogP contribution in [0.5, 0.6) is 0 Å². The number of hydrogen-bond acceptors (Lipinski definition) is 11. The molecule has 16 nitrogen and oxygen atoms in total. The number of aryl methyl sites for hydroxylation is 1. The number of halogens is 1. The number of nitrogens with one attached hydrogen (secondary N) is 2. The summed E-state index contributed by atoms with van der Waals surface area (Å²) in [5.74, 6) is -0.879. The molecule has 5 heterocycles. The van der Waals surface area contributed by atoms with E-state index in [0.717, 1.165) is 16.5 Å². The maximum Gasteiger partial charge on any atom is 0.274 e. The van der Waals surface area contributed by atoms with Gasteiger partial charge in [-0.1, -0.05) is 78.3 Å². The highest BCUT2D eigenvalue weighted by Crippen LogP contribution is 2.30. The smallest absolute Gasteiger partial charge is 0.274 e. The lowest BCUT2D eigenvalue weighted by Crippen LogP contribution is -2.33. The minimum absolute atomic E-state index is 0.0294. The van der Waals surface area contributed by atoms with Crippen LogP contribution >= 0.6 is 11.6 Å². The molecule has 9 aromatic rings. The second-order valence-corrected chi connectivity index (χ2v) is 15.3. The van der Waals surface area contributed by atoms with Gasteiger partial charge in [-0.15, -0.1) is 0 Å². The quantitative estimate of drug-likeness (QED) is 0.119. The Morgan fingerprint density at radius 1 is 0.615 bits per heavy atom. The molecular weight excluding hydrogens is 844 g/mol. The van der Waals surface area contributed by atoms with Gasteiger partial charge in [-0.25, -0.2) is 19.9 Å². The van der Waals surface area contributed by atoms with Crippen LogP contribution < -0.4 is 33.2 Å². The normalized spacial score (nSPS) is 11.9. The Morgan fingerprint density at radius 3 is 1.55 bits per heavy atom. The largest absolute Gasteiger partial charge is 0.382 e. The molecule has 0 unspecified atom stereocenters. The molecule has 2 amide bonds. The first-order chi connectivity index (χ1) is 31.4. The maximum atomic E-state index is 14.0. The molecule has 0 spiro atoms. The van der Waals surface area contributed by atoms with Gasteiger partial charge in [-0.05, 0) is 72.6 Å². The van der Waals surface area contributed by atoms with E-state index >= 15 is 0 Å². The van der Waals surface area contributed by atoms with Crippen LogP contribution in [-0.2, 0) is 7.05 Å². The molecule has 17 heteroatoms. The number of pyridine rings is 2. The Balaban J connectivity index is 0.000000179. The summed E-state index contributed by atoms with van der Waals surface area (Å²) in [6.07, 6.45) is 9.26. The van der Waals surface area contributed by atoms with Gasteiger partial charge >= 0.3 is 0 Å². The fraction of sp³-hybridized carbons (Fsp3) is 0.104. The molecular formula is C48H41ClN12O4. The number of para-hydroxylation sites is 2. The molecule has 0 saturated heterocycles. The number of rotatable bonds is 9. The van der Waals surface area contributed by atoms with Crippen molar-refractivity contribution in [2.45, 2.75) is 25.9 Å². The zero-order valence-corrected chi connectivity index (χ0v) is 36.0. The van der Waals surface area contributed by atoms with Crippen molar-refractivity contribution in [3.05, 3.63) is 195 Å². The van der Waals surface area contributed by atoms with Gasteiger partial charge in [0, 0.05) is 66.4 Å². The van der Waals surface area contributed by atoms with Gasteiger partial charge in [0.1, 0.15) is 0 Å². The Kier molecular flexibility index (Phi) is 12.3. The number of amides is 2. The molecule has 0 bridgehead atoms. The number of anilines is 2. The lowest BCUT2D eigenvalue weighted by atomic mass is 9.99. The molecule has 65 heavy (non-hydrogen) atoms. The van der Waals surface area contributed by atoms with Gasteiger partial charge in [0.2, 0.25) is 0 Å². The van der Waals surface area contributed by atoms with Crippen molar-refractivity contribution < 1.29 is 9.59 Å². The highest BCUT2D eigenvalue weighted by molar-refractivity contribution is 6.35. The van der Waals surface area contributed by atoms with Gasteiger partial charge in [-0.3, -0.25) is 33.0 Å². The molecule has 0 fully saturated rings. The summed E-state index contributed by atoms with van der Waals surface area (Å²) in [6, 6.07) is 32.2. The number of benzene rings is 4.